The Morgan fingerprint density at radius 2 is 1.89 bits per heavy atom. The summed E-state index contributed by atoms with van der Waals surface area (Å²) in [5.74, 6) is 0.0822. The Bertz CT molecular complexity index is 1050. The number of carbonyl (C=O) groups excluding carboxylic acids is 3. The minimum Gasteiger partial charge on any atom is -0.497 e. The van der Waals surface area contributed by atoms with Gasteiger partial charge in [0, 0.05) is 30.7 Å². The van der Waals surface area contributed by atoms with E-state index in [2.05, 4.69) is 25.2 Å². The van der Waals surface area contributed by atoms with Gasteiger partial charge in [-0.1, -0.05) is 4.49 Å². The number of nitrogens with zero attached hydrogens (tertiary/aromatic N) is 5. The number of rotatable bonds is 6. The molecule has 1 aromatic heterocycles. The third-order valence-corrected chi connectivity index (χ3v) is 6.50. The van der Waals surface area contributed by atoms with Gasteiger partial charge in [-0.2, -0.15) is 0 Å². The van der Waals surface area contributed by atoms with Crippen molar-refractivity contribution in [2.24, 2.45) is 4.99 Å². The highest BCUT2D eigenvalue weighted by Crippen LogP contribution is 2.18. The number of carbonyl (C=O) groups is 3. The lowest BCUT2D eigenvalue weighted by atomic mass is 10.1. The fourth-order valence-corrected chi connectivity index (χ4v) is 4.53. The molecule has 4 rings (SSSR count). The second kappa shape index (κ2) is 11.7. The highest BCUT2D eigenvalue weighted by molar-refractivity contribution is 7.03. The van der Waals surface area contributed by atoms with Gasteiger partial charge in [0.1, 0.15) is 11.8 Å². The van der Waals surface area contributed by atoms with E-state index in [9.17, 15) is 14.4 Å². The number of aromatic nitrogens is 2. The van der Waals surface area contributed by atoms with Crippen molar-refractivity contribution in [1.29, 1.82) is 0 Å². The number of hydrogen-bond acceptors (Lipinski definition) is 8. The van der Waals surface area contributed by atoms with Gasteiger partial charge in [0.25, 0.3) is 5.91 Å². The Morgan fingerprint density at radius 3 is 2.57 bits per heavy atom. The number of anilines is 1. The van der Waals surface area contributed by atoms with Crippen molar-refractivity contribution in [2.75, 3.05) is 38.6 Å². The molecule has 2 N–H and O–H groups in total. The smallest absolute Gasteiger partial charge is 0.279 e. The predicted molar refractivity (Wildman–Crippen MR) is 131 cm³/mol. The van der Waals surface area contributed by atoms with E-state index >= 15 is 0 Å². The Morgan fingerprint density at radius 1 is 1.14 bits per heavy atom. The van der Waals surface area contributed by atoms with Gasteiger partial charge in [-0.05, 0) is 67.9 Å². The van der Waals surface area contributed by atoms with Crippen molar-refractivity contribution in [3.05, 3.63) is 35.3 Å². The molecule has 2 aromatic rings. The lowest BCUT2D eigenvalue weighted by Gasteiger charge is -2.25. The molecule has 0 aliphatic carbocycles. The van der Waals surface area contributed by atoms with E-state index in [0.717, 1.165) is 50.3 Å². The molecule has 3 amide bonds. The molecule has 1 aromatic carbocycles. The highest BCUT2D eigenvalue weighted by atomic mass is 32.1. The zero-order chi connectivity index (χ0) is 24.6. The molecular formula is C23H29N7O4S. The molecule has 0 unspecified atom stereocenters. The fourth-order valence-electron chi connectivity index (χ4n) is 4.09. The first-order valence-electron chi connectivity index (χ1n) is 11.7. The first-order chi connectivity index (χ1) is 17.0. The molecule has 2 fully saturated rings. The monoisotopic (exact) mass is 499 g/mol. The largest absolute Gasteiger partial charge is 0.497 e. The molecule has 1 atom stereocenters. The average Bonchev–Trinajstić information content (AvgIpc) is 3.57. The SMILES string of the molecule is COc1ccc(NC(=N[C@H]2CCCCN(CC(=O)N3CCCC3)C2=O)NC(=O)c2csnn2)cc1. The van der Waals surface area contributed by atoms with Crippen LogP contribution in [0.25, 0.3) is 0 Å². The third-order valence-electron chi connectivity index (χ3n) is 6.00. The zero-order valence-electron chi connectivity index (χ0n) is 19.6. The third kappa shape index (κ3) is 6.53. The van der Waals surface area contributed by atoms with Crippen molar-refractivity contribution in [2.45, 2.75) is 38.1 Å². The average molecular weight is 500 g/mol. The molecule has 0 spiro atoms. The number of benzene rings is 1. The minimum absolute atomic E-state index is 0.0265. The Hall–Kier alpha value is -3.54. The first kappa shape index (κ1) is 24.6. The van der Waals surface area contributed by atoms with Crippen molar-refractivity contribution < 1.29 is 19.1 Å². The summed E-state index contributed by atoms with van der Waals surface area (Å²) in [5, 5.41) is 11.1. The minimum atomic E-state index is -0.724. The van der Waals surface area contributed by atoms with E-state index in [4.69, 9.17) is 4.74 Å². The molecule has 2 saturated heterocycles. The Labute approximate surface area is 207 Å². The maximum absolute atomic E-state index is 13.4. The number of likely N-dealkylation sites (tertiary alicyclic amines) is 2. The molecule has 0 radical (unpaired) electrons. The number of guanidine groups is 1. The van der Waals surface area contributed by atoms with Crippen LogP contribution in [0.2, 0.25) is 0 Å². The quantitative estimate of drug-likeness (QED) is 0.458. The lowest BCUT2D eigenvalue weighted by molar-refractivity contribution is -0.140. The summed E-state index contributed by atoms with van der Waals surface area (Å²) in [5.41, 5.74) is 0.813. The first-order valence-corrected chi connectivity index (χ1v) is 12.5. The summed E-state index contributed by atoms with van der Waals surface area (Å²) in [7, 11) is 1.58. The van der Waals surface area contributed by atoms with Crippen LogP contribution < -0.4 is 15.4 Å². The van der Waals surface area contributed by atoms with Crippen LogP contribution in [0, 0.1) is 0 Å². The lowest BCUT2D eigenvalue weighted by Crippen LogP contribution is -2.45. The van der Waals surface area contributed by atoms with Gasteiger partial charge >= 0.3 is 0 Å². The number of ether oxygens (including phenoxy) is 1. The topological polar surface area (TPSA) is 129 Å². The Kier molecular flexibility index (Phi) is 8.24. The Balaban J connectivity index is 1.53. The summed E-state index contributed by atoms with van der Waals surface area (Å²) < 4.78 is 8.92. The number of amides is 3. The maximum Gasteiger partial charge on any atom is 0.279 e. The normalized spacial score (nSPS) is 18.8. The van der Waals surface area contributed by atoms with Crippen LogP contribution in [0.5, 0.6) is 5.75 Å². The number of hydrogen-bond donors (Lipinski definition) is 2. The molecule has 0 bridgehead atoms. The van der Waals surface area contributed by atoms with Gasteiger partial charge in [0.2, 0.25) is 17.8 Å². The van der Waals surface area contributed by atoms with Crippen LogP contribution in [-0.2, 0) is 9.59 Å². The van der Waals surface area contributed by atoms with E-state index in [1.54, 1.807) is 36.3 Å². The van der Waals surface area contributed by atoms with Crippen LogP contribution in [-0.4, -0.2) is 82.4 Å². The number of aliphatic imine (C=N–C) groups is 1. The van der Waals surface area contributed by atoms with Crippen LogP contribution in [0.1, 0.15) is 42.6 Å². The summed E-state index contributed by atoms with van der Waals surface area (Å²) in [6.45, 7) is 2.07. The number of methoxy groups -OCH3 is 1. The summed E-state index contributed by atoms with van der Waals surface area (Å²) >= 11 is 1.07. The van der Waals surface area contributed by atoms with Crippen molar-refractivity contribution in [3.63, 3.8) is 0 Å². The molecule has 2 aliphatic rings. The summed E-state index contributed by atoms with van der Waals surface area (Å²) in [6, 6.07) is 6.38. The van der Waals surface area contributed by atoms with Gasteiger partial charge in [-0.3, -0.25) is 19.7 Å². The van der Waals surface area contributed by atoms with Gasteiger partial charge in [0.15, 0.2) is 5.69 Å². The zero-order valence-corrected chi connectivity index (χ0v) is 20.4. The maximum atomic E-state index is 13.4. The van der Waals surface area contributed by atoms with Crippen LogP contribution in [0.15, 0.2) is 34.6 Å². The molecule has 35 heavy (non-hydrogen) atoms. The van der Waals surface area contributed by atoms with E-state index in [0.29, 0.717) is 24.4 Å². The van der Waals surface area contributed by atoms with E-state index in [-0.39, 0.29) is 30.0 Å². The second-order valence-electron chi connectivity index (χ2n) is 8.43. The molecule has 3 heterocycles. The van der Waals surface area contributed by atoms with Crippen LogP contribution in [0.3, 0.4) is 0 Å². The number of nitrogens with one attached hydrogen (secondary N) is 2. The highest BCUT2D eigenvalue weighted by Gasteiger charge is 2.30. The van der Waals surface area contributed by atoms with Gasteiger partial charge in [-0.15, -0.1) is 5.10 Å². The van der Waals surface area contributed by atoms with E-state index in [1.807, 2.05) is 4.90 Å². The standard InChI is InChI=1S/C23H29N7O4S/c1-34-17-9-7-16(8-10-17)24-23(26-21(32)19-15-35-28-27-19)25-18-6-2-3-13-30(22(18)33)14-20(31)29-11-4-5-12-29/h7-10,15,18H,2-6,11-14H2,1H3,(H2,24,25,26,32)/t18-/m0/s1. The van der Waals surface area contributed by atoms with Crippen molar-refractivity contribution in [1.82, 2.24) is 24.7 Å². The van der Waals surface area contributed by atoms with Crippen LogP contribution >= 0.6 is 11.5 Å². The molecule has 12 heteroatoms. The van der Waals surface area contributed by atoms with E-state index < -0.39 is 11.9 Å². The fraction of sp³-hybridized carbons (Fsp3) is 0.478. The second-order valence-corrected chi connectivity index (χ2v) is 9.04. The van der Waals surface area contributed by atoms with E-state index in [1.165, 1.54) is 5.38 Å². The van der Waals surface area contributed by atoms with Gasteiger partial charge in [-0.25, -0.2) is 4.99 Å². The molecule has 2 aliphatic heterocycles. The van der Waals surface area contributed by atoms with Crippen LogP contribution in [0.4, 0.5) is 5.69 Å². The molecule has 186 valence electrons. The van der Waals surface area contributed by atoms with Gasteiger partial charge in [0.05, 0.1) is 13.7 Å². The van der Waals surface area contributed by atoms with Crippen molar-refractivity contribution in [3.8, 4) is 5.75 Å². The predicted octanol–water partition coefficient (Wildman–Crippen LogP) is 1.75. The molecule has 11 nitrogen and oxygen atoms in total. The summed E-state index contributed by atoms with van der Waals surface area (Å²) in [6.07, 6.45) is 4.11. The van der Waals surface area contributed by atoms with Crippen molar-refractivity contribution >= 4 is 40.9 Å². The summed E-state index contributed by atoms with van der Waals surface area (Å²) in [4.78, 5) is 46.7. The molecular weight excluding hydrogens is 470 g/mol. The molecule has 0 saturated carbocycles. The van der Waals surface area contributed by atoms with Gasteiger partial charge < -0.3 is 19.9 Å².